The fourth-order valence-electron chi connectivity index (χ4n) is 3.56. The van der Waals surface area contributed by atoms with Gasteiger partial charge in [0.25, 0.3) is 0 Å². The minimum absolute atomic E-state index is 0.0854. The summed E-state index contributed by atoms with van der Waals surface area (Å²) in [5.74, 6) is 1.22. The van der Waals surface area contributed by atoms with Crippen molar-refractivity contribution in [1.29, 1.82) is 0 Å². The van der Waals surface area contributed by atoms with Gasteiger partial charge in [-0.1, -0.05) is 19.1 Å². The van der Waals surface area contributed by atoms with E-state index in [1.54, 1.807) is 38.5 Å². The van der Waals surface area contributed by atoms with Crippen molar-refractivity contribution in [2.45, 2.75) is 32.2 Å². The Bertz CT molecular complexity index is 1100. The van der Waals surface area contributed by atoms with Gasteiger partial charge in [0.15, 0.2) is 0 Å². The van der Waals surface area contributed by atoms with Gasteiger partial charge >= 0.3 is 0 Å². The lowest BCUT2D eigenvalue weighted by Gasteiger charge is -2.24. The van der Waals surface area contributed by atoms with Crippen LogP contribution in [0, 0.1) is 0 Å². The second kappa shape index (κ2) is 9.38. The summed E-state index contributed by atoms with van der Waals surface area (Å²) in [7, 11) is -0.235. The second-order valence-corrected chi connectivity index (χ2v) is 9.07. The highest BCUT2D eigenvalue weighted by Crippen LogP contribution is 2.39. The minimum atomic E-state index is -3.40. The van der Waals surface area contributed by atoms with E-state index in [-0.39, 0.29) is 11.9 Å². The zero-order valence-corrected chi connectivity index (χ0v) is 18.9. The smallest absolute Gasteiger partial charge is 0.243 e. The van der Waals surface area contributed by atoms with E-state index >= 15 is 0 Å². The van der Waals surface area contributed by atoms with Gasteiger partial charge in [-0.05, 0) is 42.3 Å². The number of carbonyl (C=O) groups is 1. The third-order valence-corrected chi connectivity index (χ3v) is 5.53. The quantitative estimate of drug-likeness (QED) is 0.670. The number of methoxy groups -OCH3 is 2. The highest BCUT2D eigenvalue weighted by molar-refractivity contribution is 7.92. The van der Waals surface area contributed by atoms with Crippen LogP contribution in [0.1, 0.15) is 43.4 Å². The van der Waals surface area contributed by atoms with Gasteiger partial charge in [0.2, 0.25) is 15.9 Å². The van der Waals surface area contributed by atoms with E-state index in [1.807, 2.05) is 25.1 Å². The topological polar surface area (TPSA) is 97.3 Å². The van der Waals surface area contributed by atoms with Gasteiger partial charge in [0.1, 0.15) is 11.5 Å². The van der Waals surface area contributed by atoms with Crippen LogP contribution in [0.25, 0.3) is 0 Å². The molecule has 0 aromatic heterocycles. The van der Waals surface area contributed by atoms with Gasteiger partial charge in [-0.3, -0.25) is 9.52 Å². The molecule has 166 valence electrons. The molecule has 8 nitrogen and oxygen atoms in total. The van der Waals surface area contributed by atoms with Crippen molar-refractivity contribution in [2.24, 2.45) is 5.10 Å². The minimum Gasteiger partial charge on any atom is -0.497 e. The first-order valence-electron chi connectivity index (χ1n) is 9.95. The maximum Gasteiger partial charge on any atom is 0.243 e. The molecule has 2 aromatic carbocycles. The molecule has 1 N–H and O–H groups in total. The van der Waals surface area contributed by atoms with Crippen LogP contribution in [-0.2, 0) is 14.8 Å². The molecule has 0 spiro atoms. The van der Waals surface area contributed by atoms with E-state index in [9.17, 15) is 13.2 Å². The van der Waals surface area contributed by atoms with Crippen molar-refractivity contribution in [3.8, 4) is 11.5 Å². The van der Waals surface area contributed by atoms with Crippen LogP contribution in [-0.4, -0.2) is 45.5 Å². The van der Waals surface area contributed by atoms with E-state index in [0.717, 1.165) is 17.4 Å². The Morgan fingerprint density at radius 3 is 2.61 bits per heavy atom. The molecule has 0 radical (unpaired) electrons. The van der Waals surface area contributed by atoms with Crippen LogP contribution in [0.15, 0.2) is 47.6 Å². The number of ether oxygens (including phenoxy) is 2. The number of nitrogens with one attached hydrogen (secondary N) is 1. The fraction of sp³-hybridized carbons (Fsp3) is 0.364. The van der Waals surface area contributed by atoms with Crippen molar-refractivity contribution in [3.63, 3.8) is 0 Å². The van der Waals surface area contributed by atoms with Gasteiger partial charge < -0.3 is 9.47 Å². The first-order valence-corrected chi connectivity index (χ1v) is 11.8. The van der Waals surface area contributed by atoms with Gasteiger partial charge in [0.05, 0.1) is 32.2 Å². The Morgan fingerprint density at radius 2 is 1.97 bits per heavy atom. The maximum atomic E-state index is 12.9. The van der Waals surface area contributed by atoms with Crippen LogP contribution in [0.2, 0.25) is 0 Å². The van der Waals surface area contributed by atoms with Crippen LogP contribution < -0.4 is 14.2 Å². The lowest BCUT2D eigenvalue weighted by atomic mass is 9.97. The number of hydrazone groups is 1. The summed E-state index contributed by atoms with van der Waals surface area (Å²) < 4.78 is 36.6. The Kier molecular flexibility index (Phi) is 6.84. The Labute approximate surface area is 182 Å². The fourth-order valence-corrected chi connectivity index (χ4v) is 4.12. The lowest BCUT2D eigenvalue weighted by molar-refractivity contribution is -0.133. The average molecular weight is 446 g/mol. The summed E-state index contributed by atoms with van der Waals surface area (Å²) >= 11 is 0. The number of benzene rings is 2. The van der Waals surface area contributed by atoms with Crippen molar-refractivity contribution >= 4 is 27.3 Å². The molecule has 2 aromatic rings. The molecule has 0 unspecified atom stereocenters. The number of hydrogen-bond donors (Lipinski definition) is 1. The molecule has 1 aliphatic heterocycles. The van der Waals surface area contributed by atoms with E-state index in [2.05, 4.69) is 9.82 Å². The molecular formula is C22H27N3O5S. The van der Waals surface area contributed by atoms with Crippen LogP contribution in [0.4, 0.5) is 5.69 Å². The predicted molar refractivity (Wildman–Crippen MR) is 120 cm³/mol. The van der Waals surface area contributed by atoms with Crippen LogP contribution in [0.5, 0.6) is 11.5 Å². The zero-order chi connectivity index (χ0) is 22.6. The van der Waals surface area contributed by atoms with Gasteiger partial charge in [-0.15, -0.1) is 0 Å². The number of nitrogens with zero attached hydrogens (tertiary/aromatic N) is 2. The predicted octanol–water partition coefficient (Wildman–Crippen LogP) is 3.55. The van der Waals surface area contributed by atoms with Crippen molar-refractivity contribution in [1.82, 2.24) is 5.01 Å². The number of amides is 1. The first-order chi connectivity index (χ1) is 14.8. The summed E-state index contributed by atoms with van der Waals surface area (Å²) in [6.07, 6.45) is 2.63. The van der Waals surface area contributed by atoms with Gasteiger partial charge in [-0.25, -0.2) is 13.4 Å². The Morgan fingerprint density at radius 1 is 1.19 bits per heavy atom. The molecule has 1 atom stereocenters. The van der Waals surface area contributed by atoms with Crippen molar-refractivity contribution in [2.75, 3.05) is 25.2 Å². The second-order valence-electron chi connectivity index (χ2n) is 7.32. The first kappa shape index (κ1) is 22.6. The summed E-state index contributed by atoms with van der Waals surface area (Å²) in [6.45, 7) is 1.94. The monoisotopic (exact) mass is 445 g/mol. The average Bonchev–Trinajstić information content (AvgIpc) is 3.18. The van der Waals surface area contributed by atoms with E-state index in [1.165, 1.54) is 5.01 Å². The SMILES string of the molecule is CCCC(=O)N1N=C(c2cccc(NS(C)(=O)=O)c2)C[C@H]1c1cc(OC)ccc1OC. The molecule has 0 aliphatic carbocycles. The molecular weight excluding hydrogens is 418 g/mol. The third-order valence-electron chi connectivity index (χ3n) is 4.92. The normalized spacial score (nSPS) is 16.1. The summed E-state index contributed by atoms with van der Waals surface area (Å²) in [5, 5.41) is 6.14. The zero-order valence-electron chi connectivity index (χ0n) is 18.1. The van der Waals surface area contributed by atoms with Gasteiger partial charge in [0, 0.05) is 24.1 Å². The highest BCUT2D eigenvalue weighted by Gasteiger charge is 2.34. The van der Waals surface area contributed by atoms with Crippen LogP contribution in [0.3, 0.4) is 0 Å². The molecule has 0 fully saturated rings. The number of carbonyl (C=O) groups excluding carboxylic acids is 1. The number of anilines is 1. The molecule has 31 heavy (non-hydrogen) atoms. The summed E-state index contributed by atoms with van der Waals surface area (Å²) in [5.41, 5.74) is 2.68. The van der Waals surface area contributed by atoms with Gasteiger partial charge in [-0.2, -0.15) is 5.10 Å². The molecule has 9 heteroatoms. The van der Waals surface area contributed by atoms with E-state index < -0.39 is 10.0 Å². The largest absolute Gasteiger partial charge is 0.497 e. The van der Waals surface area contributed by atoms with Crippen molar-refractivity contribution < 1.29 is 22.7 Å². The standard InChI is InChI=1S/C22H27N3O5S/c1-5-7-22(26)25-20(18-13-17(29-2)10-11-21(18)30-3)14-19(23-25)15-8-6-9-16(12-15)24-31(4,27)28/h6,8-13,20,24H,5,7,14H2,1-4H3/t20-/m0/s1. The van der Waals surface area contributed by atoms with Crippen LogP contribution >= 0.6 is 0 Å². The number of hydrogen-bond acceptors (Lipinski definition) is 6. The van der Waals surface area contributed by atoms with Crippen molar-refractivity contribution in [3.05, 3.63) is 53.6 Å². The molecule has 3 rings (SSSR count). The molecule has 0 saturated carbocycles. The van der Waals surface area contributed by atoms with E-state index in [0.29, 0.717) is 42.2 Å². The highest BCUT2D eigenvalue weighted by atomic mass is 32.2. The molecule has 0 saturated heterocycles. The number of sulfonamides is 1. The molecule has 1 aliphatic rings. The third kappa shape index (κ3) is 5.35. The van der Waals surface area contributed by atoms with E-state index in [4.69, 9.17) is 9.47 Å². The maximum absolute atomic E-state index is 12.9. The molecule has 0 bridgehead atoms. The number of rotatable bonds is 8. The Hall–Kier alpha value is -3.07. The Balaban J connectivity index is 2.01. The molecule has 1 heterocycles. The lowest BCUT2D eigenvalue weighted by Crippen LogP contribution is -2.27. The molecule has 1 amide bonds. The summed E-state index contributed by atoms with van der Waals surface area (Å²) in [6, 6.07) is 12.1. The summed E-state index contributed by atoms with van der Waals surface area (Å²) in [4.78, 5) is 12.9.